The van der Waals surface area contributed by atoms with Crippen molar-refractivity contribution in [2.45, 2.75) is 18.7 Å². The topological polar surface area (TPSA) is 89.3 Å². The van der Waals surface area contributed by atoms with Crippen molar-refractivity contribution in [3.8, 4) is 0 Å². The van der Waals surface area contributed by atoms with Crippen molar-refractivity contribution in [3.63, 3.8) is 0 Å². The van der Waals surface area contributed by atoms with Crippen LogP contribution in [0.25, 0.3) is 0 Å². The second kappa shape index (κ2) is 5.92. The number of anilines is 1. The molecular weight excluding hydrogens is 330 g/mol. The molecule has 0 unspecified atom stereocenters. The van der Waals surface area contributed by atoms with E-state index >= 15 is 0 Å². The van der Waals surface area contributed by atoms with Gasteiger partial charge in [-0.25, -0.2) is 17.2 Å². The van der Waals surface area contributed by atoms with E-state index in [0.717, 1.165) is 30.3 Å². The number of nitrogens with zero attached hydrogens (tertiary/aromatic N) is 1. The number of hydrogen-bond donors (Lipinski definition) is 1. The summed E-state index contributed by atoms with van der Waals surface area (Å²) in [6.45, 7) is 2.62. The fraction of sp³-hybridized carbons (Fsp3) is 0.143. The van der Waals surface area contributed by atoms with Gasteiger partial charge in [-0.05, 0) is 43.7 Å². The van der Waals surface area contributed by atoms with E-state index in [2.05, 4.69) is 0 Å². The van der Waals surface area contributed by atoms with Crippen LogP contribution in [0.2, 0.25) is 0 Å². The van der Waals surface area contributed by atoms with Crippen LogP contribution in [0.5, 0.6) is 0 Å². The first-order valence-corrected chi connectivity index (χ1v) is 7.84. The van der Waals surface area contributed by atoms with Gasteiger partial charge >= 0.3 is 0 Å². The van der Waals surface area contributed by atoms with Gasteiger partial charge in [0.15, 0.2) is 0 Å². The predicted octanol–water partition coefficient (Wildman–Crippen LogP) is 3.29. The maximum Gasteiger partial charge on any atom is 0.274 e. The molecule has 0 aliphatic rings. The van der Waals surface area contributed by atoms with Gasteiger partial charge in [-0.1, -0.05) is 0 Å². The highest BCUT2D eigenvalue weighted by atomic mass is 32.2. The summed E-state index contributed by atoms with van der Waals surface area (Å²) in [5, 5.41) is 10.9. The van der Waals surface area contributed by atoms with Crippen molar-refractivity contribution < 1.29 is 22.1 Å². The zero-order valence-electron chi connectivity index (χ0n) is 12.1. The number of nitro benzene ring substituents is 1. The number of sulfonamides is 1. The van der Waals surface area contributed by atoms with Crippen LogP contribution in [0.3, 0.4) is 0 Å². The van der Waals surface area contributed by atoms with Crippen molar-refractivity contribution in [1.29, 1.82) is 0 Å². The second-order valence-electron chi connectivity index (χ2n) is 4.84. The van der Waals surface area contributed by atoms with Crippen molar-refractivity contribution >= 4 is 21.4 Å². The van der Waals surface area contributed by atoms with E-state index in [1.54, 1.807) is 0 Å². The SMILES string of the molecule is Cc1cc(F)ccc1S(=O)(=O)Nc1c(F)ccc([N+](=O)[O-])c1C. The smallest absolute Gasteiger partial charge is 0.274 e. The number of hydrogen-bond acceptors (Lipinski definition) is 4. The molecule has 9 heteroatoms. The Hall–Kier alpha value is -2.55. The third-order valence-corrected chi connectivity index (χ3v) is 4.76. The summed E-state index contributed by atoms with van der Waals surface area (Å²) in [7, 11) is -4.23. The molecule has 0 aromatic heterocycles. The third-order valence-electron chi connectivity index (χ3n) is 3.25. The van der Waals surface area contributed by atoms with Gasteiger partial charge in [0.1, 0.15) is 11.6 Å². The maximum atomic E-state index is 13.9. The highest BCUT2D eigenvalue weighted by Gasteiger charge is 2.24. The Kier molecular flexibility index (Phi) is 4.33. The van der Waals surface area contributed by atoms with Gasteiger partial charge in [-0.3, -0.25) is 14.8 Å². The molecule has 2 aromatic carbocycles. The lowest BCUT2D eigenvalue weighted by molar-refractivity contribution is -0.385. The average molecular weight is 342 g/mol. The Labute approximate surface area is 131 Å². The maximum absolute atomic E-state index is 13.9. The third kappa shape index (κ3) is 3.29. The van der Waals surface area contributed by atoms with Crippen LogP contribution in [0.4, 0.5) is 20.2 Å². The summed E-state index contributed by atoms with van der Waals surface area (Å²) in [5.74, 6) is -1.56. The highest BCUT2D eigenvalue weighted by molar-refractivity contribution is 7.92. The number of rotatable bonds is 4. The summed E-state index contributed by atoms with van der Waals surface area (Å²) in [4.78, 5) is 9.89. The lowest BCUT2D eigenvalue weighted by atomic mass is 10.1. The molecule has 23 heavy (non-hydrogen) atoms. The Morgan fingerprint density at radius 2 is 1.78 bits per heavy atom. The first-order chi connectivity index (χ1) is 10.6. The minimum atomic E-state index is -4.23. The van der Waals surface area contributed by atoms with Gasteiger partial charge in [-0.15, -0.1) is 0 Å². The molecule has 1 N–H and O–H groups in total. The Morgan fingerprint density at radius 1 is 1.13 bits per heavy atom. The molecule has 6 nitrogen and oxygen atoms in total. The average Bonchev–Trinajstić information content (AvgIpc) is 2.42. The summed E-state index contributed by atoms with van der Waals surface area (Å²) in [6, 6.07) is 4.77. The minimum Gasteiger partial charge on any atom is -0.276 e. The Morgan fingerprint density at radius 3 is 2.35 bits per heavy atom. The van der Waals surface area contributed by atoms with Gasteiger partial charge < -0.3 is 0 Å². The number of benzene rings is 2. The molecule has 2 aromatic rings. The molecule has 0 heterocycles. The second-order valence-corrected chi connectivity index (χ2v) is 6.49. The molecule has 122 valence electrons. The van der Waals surface area contributed by atoms with E-state index in [1.807, 2.05) is 4.72 Å². The standard InChI is InChI=1S/C14H12F2N2O4S/c1-8-7-10(15)3-6-13(8)23(21,22)17-14-9(2)12(18(19)20)5-4-11(14)16/h3-7,17H,1-2H3. The van der Waals surface area contributed by atoms with Crippen LogP contribution in [0.15, 0.2) is 35.2 Å². The summed E-state index contributed by atoms with van der Waals surface area (Å²) >= 11 is 0. The van der Waals surface area contributed by atoms with Crippen LogP contribution in [-0.2, 0) is 10.0 Å². The molecule has 0 radical (unpaired) electrons. The molecule has 0 aliphatic heterocycles. The van der Waals surface area contributed by atoms with Crippen molar-refractivity contribution in [2.24, 2.45) is 0 Å². The van der Waals surface area contributed by atoms with Crippen LogP contribution >= 0.6 is 0 Å². The van der Waals surface area contributed by atoms with Crippen LogP contribution in [-0.4, -0.2) is 13.3 Å². The summed E-state index contributed by atoms with van der Waals surface area (Å²) in [6.07, 6.45) is 0. The fourth-order valence-corrected chi connectivity index (χ4v) is 3.45. The number of nitro groups is 1. The van der Waals surface area contributed by atoms with E-state index in [9.17, 15) is 27.3 Å². The van der Waals surface area contributed by atoms with E-state index in [1.165, 1.54) is 13.8 Å². The van der Waals surface area contributed by atoms with Crippen molar-refractivity contribution in [3.05, 3.63) is 63.2 Å². The molecule has 0 amide bonds. The molecule has 0 fully saturated rings. The minimum absolute atomic E-state index is 0.126. The zero-order chi connectivity index (χ0) is 17.4. The van der Waals surface area contributed by atoms with E-state index in [-0.39, 0.29) is 16.0 Å². The van der Waals surface area contributed by atoms with E-state index in [4.69, 9.17) is 0 Å². The normalized spacial score (nSPS) is 11.3. The summed E-state index contributed by atoms with van der Waals surface area (Å²) in [5.41, 5.74) is -0.956. The molecule has 0 aliphatic carbocycles. The first kappa shape index (κ1) is 16.8. The zero-order valence-corrected chi connectivity index (χ0v) is 12.9. The van der Waals surface area contributed by atoms with Crippen molar-refractivity contribution in [1.82, 2.24) is 0 Å². The Balaban J connectivity index is 2.53. The molecule has 0 spiro atoms. The largest absolute Gasteiger partial charge is 0.276 e. The van der Waals surface area contributed by atoms with Gasteiger partial charge in [-0.2, -0.15) is 0 Å². The highest BCUT2D eigenvalue weighted by Crippen LogP contribution is 2.30. The molecule has 0 bridgehead atoms. The van der Waals surface area contributed by atoms with Crippen LogP contribution in [0, 0.1) is 35.6 Å². The lowest BCUT2D eigenvalue weighted by Gasteiger charge is -2.13. The van der Waals surface area contributed by atoms with E-state index in [0.29, 0.717) is 0 Å². The van der Waals surface area contributed by atoms with Crippen LogP contribution in [0.1, 0.15) is 11.1 Å². The molecular formula is C14H12F2N2O4S. The molecule has 0 atom stereocenters. The Bertz CT molecular complexity index is 898. The van der Waals surface area contributed by atoms with Crippen molar-refractivity contribution in [2.75, 3.05) is 4.72 Å². The predicted molar refractivity (Wildman–Crippen MR) is 79.7 cm³/mol. The summed E-state index contributed by atoms with van der Waals surface area (Å²) < 4.78 is 53.7. The number of aryl methyl sites for hydroxylation is 1. The molecule has 0 saturated heterocycles. The quantitative estimate of drug-likeness (QED) is 0.682. The van der Waals surface area contributed by atoms with Gasteiger partial charge in [0.05, 0.1) is 21.1 Å². The fourth-order valence-electron chi connectivity index (χ4n) is 2.09. The monoisotopic (exact) mass is 342 g/mol. The van der Waals surface area contributed by atoms with Crippen LogP contribution < -0.4 is 4.72 Å². The lowest BCUT2D eigenvalue weighted by Crippen LogP contribution is -2.16. The first-order valence-electron chi connectivity index (χ1n) is 6.36. The van der Waals surface area contributed by atoms with Gasteiger partial charge in [0.2, 0.25) is 0 Å². The molecule has 0 saturated carbocycles. The molecule has 2 rings (SSSR count). The number of halogens is 2. The van der Waals surface area contributed by atoms with E-state index < -0.39 is 38.0 Å². The number of nitrogens with one attached hydrogen (secondary N) is 1. The van der Waals surface area contributed by atoms with Gasteiger partial charge in [0.25, 0.3) is 15.7 Å². The van der Waals surface area contributed by atoms with Gasteiger partial charge in [0, 0.05) is 6.07 Å².